The third-order valence-electron chi connectivity index (χ3n) is 3.41. The number of ether oxygens (including phenoxy) is 2. The molecule has 0 aliphatic rings. The van der Waals surface area contributed by atoms with Gasteiger partial charge in [-0.25, -0.2) is 0 Å². The predicted octanol–water partition coefficient (Wildman–Crippen LogP) is 2.81. The van der Waals surface area contributed by atoms with E-state index in [2.05, 4.69) is 29.5 Å². The van der Waals surface area contributed by atoms with Gasteiger partial charge in [0, 0.05) is 33.9 Å². The molecule has 0 radical (unpaired) electrons. The van der Waals surface area contributed by atoms with E-state index in [-0.39, 0.29) is 0 Å². The fourth-order valence-corrected chi connectivity index (χ4v) is 2.08. The van der Waals surface area contributed by atoms with Crippen LogP contribution in [0.5, 0.6) is 0 Å². The minimum atomic E-state index is 0.661. The van der Waals surface area contributed by atoms with Gasteiger partial charge in [-0.1, -0.05) is 39.5 Å². The highest BCUT2D eigenvalue weighted by atomic mass is 16.5. The Morgan fingerprint density at radius 1 is 0.909 bits per heavy atom. The second-order valence-electron chi connectivity index (χ2n) is 5.98. The van der Waals surface area contributed by atoms with Crippen molar-refractivity contribution in [2.75, 3.05) is 47.1 Å². The first kappa shape index (κ1) is 21.2. The maximum atomic E-state index is 5.42. The van der Waals surface area contributed by atoms with Crippen molar-refractivity contribution >= 4 is 5.96 Å². The Morgan fingerprint density at radius 3 is 2.23 bits per heavy atom. The molecule has 5 heteroatoms. The predicted molar refractivity (Wildman–Crippen MR) is 94.6 cm³/mol. The summed E-state index contributed by atoms with van der Waals surface area (Å²) in [5, 5.41) is 6.66. The third kappa shape index (κ3) is 15.6. The van der Waals surface area contributed by atoms with Gasteiger partial charge in [0.2, 0.25) is 0 Å². The number of nitrogens with zero attached hydrogens (tertiary/aromatic N) is 1. The summed E-state index contributed by atoms with van der Waals surface area (Å²) >= 11 is 0. The summed E-state index contributed by atoms with van der Waals surface area (Å²) in [6.07, 6.45) is 7.52. The van der Waals surface area contributed by atoms with Crippen molar-refractivity contribution < 1.29 is 9.47 Å². The van der Waals surface area contributed by atoms with Gasteiger partial charge >= 0.3 is 0 Å². The van der Waals surface area contributed by atoms with Crippen LogP contribution in [0.25, 0.3) is 0 Å². The van der Waals surface area contributed by atoms with E-state index in [1.165, 1.54) is 32.1 Å². The van der Waals surface area contributed by atoms with Gasteiger partial charge in [-0.05, 0) is 18.8 Å². The summed E-state index contributed by atoms with van der Waals surface area (Å²) in [5.74, 6) is 1.72. The fourth-order valence-electron chi connectivity index (χ4n) is 2.08. The Kier molecular flexibility index (Phi) is 15.9. The number of unbranched alkanes of at least 4 members (excludes halogenated alkanes) is 3. The lowest BCUT2D eigenvalue weighted by molar-refractivity contribution is 0.0698. The minimum Gasteiger partial charge on any atom is -0.382 e. The normalized spacial score (nSPS) is 12.0. The number of guanidine groups is 1. The summed E-state index contributed by atoms with van der Waals surface area (Å²) < 4.78 is 10.3. The van der Waals surface area contributed by atoms with Crippen LogP contribution in [0.15, 0.2) is 4.99 Å². The minimum absolute atomic E-state index is 0.661. The van der Waals surface area contributed by atoms with E-state index in [1.807, 2.05) is 7.05 Å². The number of methoxy groups -OCH3 is 1. The Bertz CT molecular complexity index is 258. The molecule has 0 saturated heterocycles. The second kappa shape index (κ2) is 16.6. The van der Waals surface area contributed by atoms with Crippen molar-refractivity contribution in [1.29, 1.82) is 0 Å². The van der Waals surface area contributed by atoms with Gasteiger partial charge in [0.15, 0.2) is 5.96 Å². The monoisotopic (exact) mass is 315 g/mol. The van der Waals surface area contributed by atoms with E-state index < -0.39 is 0 Å². The second-order valence-corrected chi connectivity index (χ2v) is 5.98. The van der Waals surface area contributed by atoms with Crippen LogP contribution in [-0.2, 0) is 9.47 Å². The fraction of sp³-hybridized carbons (Fsp3) is 0.941. The molecule has 0 atom stereocenters. The first-order valence-electron chi connectivity index (χ1n) is 8.72. The molecule has 22 heavy (non-hydrogen) atoms. The van der Waals surface area contributed by atoms with Gasteiger partial charge in [-0.2, -0.15) is 0 Å². The molecule has 0 aliphatic carbocycles. The number of rotatable bonds is 14. The lowest BCUT2D eigenvalue weighted by atomic mass is 10.0. The highest BCUT2D eigenvalue weighted by molar-refractivity contribution is 5.79. The molecule has 2 N–H and O–H groups in total. The zero-order chi connectivity index (χ0) is 16.5. The van der Waals surface area contributed by atoms with Gasteiger partial charge in [-0.15, -0.1) is 0 Å². The highest BCUT2D eigenvalue weighted by Crippen LogP contribution is 2.08. The van der Waals surface area contributed by atoms with Gasteiger partial charge in [0.1, 0.15) is 0 Å². The van der Waals surface area contributed by atoms with Crippen LogP contribution in [-0.4, -0.2) is 53.0 Å². The number of hydrogen-bond donors (Lipinski definition) is 2. The first-order valence-corrected chi connectivity index (χ1v) is 8.72. The molecule has 0 aliphatic heterocycles. The average Bonchev–Trinajstić information content (AvgIpc) is 2.50. The molecule has 0 fully saturated rings. The van der Waals surface area contributed by atoms with Crippen molar-refractivity contribution in [3.8, 4) is 0 Å². The summed E-state index contributed by atoms with van der Waals surface area (Å²) in [6.45, 7) is 8.53. The van der Waals surface area contributed by atoms with E-state index in [1.54, 1.807) is 7.11 Å². The lowest BCUT2D eigenvalue weighted by Crippen LogP contribution is -2.38. The molecule has 0 rings (SSSR count). The van der Waals surface area contributed by atoms with E-state index in [0.29, 0.717) is 13.2 Å². The Hall–Kier alpha value is -0.810. The molecule has 0 spiro atoms. The SMILES string of the molecule is CN=C(NCCCCCCC(C)C)NCCCOCCOC. The van der Waals surface area contributed by atoms with Gasteiger partial charge in [-0.3, -0.25) is 4.99 Å². The molecular weight excluding hydrogens is 278 g/mol. The average molecular weight is 316 g/mol. The topological polar surface area (TPSA) is 54.9 Å². The number of hydrogen-bond acceptors (Lipinski definition) is 3. The number of nitrogens with one attached hydrogen (secondary N) is 2. The van der Waals surface area contributed by atoms with Crippen molar-refractivity contribution in [2.24, 2.45) is 10.9 Å². The largest absolute Gasteiger partial charge is 0.382 e. The van der Waals surface area contributed by atoms with E-state index in [9.17, 15) is 0 Å². The maximum absolute atomic E-state index is 5.42. The zero-order valence-electron chi connectivity index (χ0n) is 15.1. The van der Waals surface area contributed by atoms with Crippen molar-refractivity contribution in [3.05, 3.63) is 0 Å². The Balaban J connectivity index is 3.37. The lowest BCUT2D eigenvalue weighted by Gasteiger charge is -2.12. The quantitative estimate of drug-likeness (QED) is 0.294. The van der Waals surface area contributed by atoms with E-state index >= 15 is 0 Å². The zero-order valence-corrected chi connectivity index (χ0v) is 15.1. The first-order chi connectivity index (χ1) is 10.7. The summed E-state index contributed by atoms with van der Waals surface area (Å²) in [6, 6.07) is 0. The molecule has 0 saturated carbocycles. The van der Waals surface area contributed by atoms with Crippen LogP contribution in [0.2, 0.25) is 0 Å². The smallest absolute Gasteiger partial charge is 0.190 e. The standard InChI is InChI=1S/C17H37N3O2/c1-16(2)10-7-5-6-8-11-19-17(18-3)20-12-9-13-22-15-14-21-4/h16H,5-15H2,1-4H3,(H2,18,19,20). The highest BCUT2D eigenvalue weighted by Gasteiger charge is 1.98. The molecular formula is C17H37N3O2. The van der Waals surface area contributed by atoms with Crippen molar-refractivity contribution in [3.63, 3.8) is 0 Å². The van der Waals surface area contributed by atoms with Crippen LogP contribution >= 0.6 is 0 Å². The molecule has 5 nitrogen and oxygen atoms in total. The molecule has 0 aromatic heterocycles. The maximum Gasteiger partial charge on any atom is 0.190 e. The molecule has 0 unspecified atom stereocenters. The number of aliphatic imine (C=N–C) groups is 1. The van der Waals surface area contributed by atoms with Crippen molar-refractivity contribution in [1.82, 2.24) is 10.6 Å². The Morgan fingerprint density at radius 2 is 1.59 bits per heavy atom. The van der Waals surface area contributed by atoms with Gasteiger partial charge in [0.05, 0.1) is 13.2 Å². The van der Waals surface area contributed by atoms with Crippen LogP contribution in [0, 0.1) is 5.92 Å². The third-order valence-corrected chi connectivity index (χ3v) is 3.41. The van der Waals surface area contributed by atoms with E-state index in [0.717, 1.165) is 38.0 Å². The Labute approximate surface area is 137 Å². The van der Waals surface area contributed by atoms with Crippen LogP contribution in [0.1, 0.15) is 52.4 Å². The molecule has 0 heterocycles. The molecule has 0 amide bonds. The summed E-state index contributed by atoms with van der Waals surface area (Å²) in [4.78, 5) is 4.23. The van der Waals surface area contributed by atoms with Crippen molar-refractivity contribution in [2.45, 2.75) is 52.4 Å². The summed E-state index contributed by atoms with van der Waals surface area (Å²) in [5.41, 5.74) is 0. The van der Waals surface area contributed by atoms with Crippen LogP contribution in [0.4, 0.5) is 0 Å². The van der Waals surface area contributed by atoms with Gasteiger partial charge in [0.25, 0.3) is 0 Å². The van der Waals surface area contributed by atoms with E-state index in [4.69, 9.17) is 9.47 Å². The summed E-state index contributed by atoms with van der Waals surface area (Å²) in [7, 11) is 3.50. The van der Waals surface area contributed by atoms with Crippen LogP contribution in [0.3, 0.4) is 0 Å². The molecule has 0 bridgehead atoms. The molecule has 0 aromatic rings. The molecule has 132 valence electrons. The van der Waals surface area contributed by atoms with Crippen LogP contribution < -0.4 is 10.6 Å². The molecule has 0 aromatic carbocycles. The van der Waals surface area contributed by atoms with Gasteiger partial charge < -0.3 is 20.1 Å².